The van der Waals surface area contributed by atoms with Gasteiger partial charge in [0.15, 0.2) is 0 Å². The van der Waals surface area contributed by atoms with E-state index in [9.17, 15) is 13.6 Å². The number of amides is 1. The third-order valence-electron chi connectivity index (χ3n) is 1.93. The maximum Gasteiger partial charge on any atom is 0.251 e. The summed E-state index contributed by atoms with van der Waals surface area (Å²) >= 11 is 0. The summed E-state index contributed by atoms with van der Waals surface area (Å²) in [5, 5.41) is 2.44. The van der Waals surface area contributed by atoms with Crippen LogP contribution >= 0.6 is 0 Å². The molecule has 0 spiro atoms. The lowest BCUT2D eigenvalue weighted by Crippen LogP contribution is -2.27. The molecule has 0 saturated heterocycles. The van der Waals surface area contributed by atoms with E-state index in [-0.39, 0.29) is 12.1 Å². The van der Waals surface area contributed by atoms with Gasteiger partial charge < -0.3 is 15.8 Å². The first-order valence-corrected chi connectivity index (χ1v) is 4.58. The largest absolute Gasteiger partial charge is 0.394 e. The predicted octanol–water partition coefficient (Wildman–Crippen LogP) is 0.923. The number of nitrogens with one attached hydrogen (secondary N) is 1. The van der Waals surface area contributed by atoms with Crippen molar-refractivity contribution in [1.82, 2.24) is 5.32 Å². The quantitative estimate of drug-likeness (QED) is 0.597. The van der Waals surface area contributed by atoms with Crippen LogP contribution in [-0.2, 0) is 4.74 Å². The minimum atomic E-state index is -0.947. The lowest BCUT2D eigenvalue weighted by atomic mass is 10.1. The smallest absolute Gasteiger partial charge is 0.251 e. The summed E-state index contributed by atoms with van der Waals surface area (Å²) in [7, 11) is 1.48. The molecule has 0 heterocycles. The molecule has 0 aliphatic rings. The van der Waals surface area contributed by atoms with Gasteiger partial charge in [0.1, 0.15) is 17.3 Å². The Morgan fingerprint density at radius 2 is 2.00 bits per heavy atom. The van der Waals surface area contributed by atoms with E-state index in [1.807, 2.05) is 0 Å². The maximum atomic E-state index is 13.0. The predicted molar refractivity (Wildman–Crippen MR) is 55.0 cm³/mol. The number of hydrogen-bond donors (Lipinski definition) is 2. The number of rotatable bonds is 4. The van der Waals surface area contributed by atoms with Crippen LogP contribution in [0, 0.1) is 11.6 Å². The molecule has 16 heavy (non-hydrogen) atoms. The first-order valence-electron chi connectivity index (χ1n) is 4.58. The van der Waals surface area contributed by atoms with Crippen molar-refractivity contribution in [3.8, 4) is 0 Å². The fourth-order valence-corrected chi connectivity index (χ4v) is 1.08. The van der Waals surface area contributed by atoms with Gasteiger partial charge in [-0.2, -0.15) is 0 Å². The lowest BCUT2D eigenvalue weighted by Gasteiger charge is -2.06. The van der Waals surface area contributed by atoms with Crippen molar-refractivity contribution in [2.45, 2.75) is 0 Å². The molecule has 1 aromatic carbocycles. The Morgan fingerprint density at radius 3 is 2.50 bits per heavy atom. The van der Waals surface area contributed by atoms with E-state index in [1.165, 1.54) is 7.11 Å². The topological polar surface area (TPSA) is 64.3 Å². The van der Waals surface area contributed by atoms with Crippen LogP contribution < -0.4 is 11.1 Å². The molecule has 4 nitrogen and oxygen atoms in total. The molecule has 88 valence electrons. The number of methoxy groups -OCH3 is 1. The summed E-state index contributed by atoms with van der Waals surface area (Å²) in [5.41, 5.74) is 4.37. The Bertz CT molecular complexity index is 373. The highest BCUT2D eigenvalue weighted by Crippen LogP contribution is 2.16. The van der Waals surface area contributed by atoms with Gasteiger partial charge >= 0.3 is 0 Å². The van der Waals surface area contributed by atoms with Gasteiger partial charge in [0.25, 0.3) is 5.91 Å². The minimum Gasteiger partial charge on any atom is -0.394 e. The Morgan fingerprint density at radius 1 is 1.44 bits per heavy atom. The Labute approximate surface area is 91.4 Å². The van der Waals surface area contributed by atoms with Crippen LogP contribution in [0.25, 0.3) is 0 Å². The van der Waals surface area contributed by atoms with E-state index in [0.717, 1.165) is 12.1 Å². The molecule has 1 amide bonds. The number of anilines is 1. The number of halogens is 2. The Hall–Kier alpha value is -1.69. The number of hydrogen-bond acceptors (Lipinski definition) is 3. The zero-order valence-electron chi connectivity index (χ0n) is 8.72. The van der Waals surface area contributed by atoms with E-state index >= 15 is 0 Å². The van der Waals surface area contributed by atoms with Gasteiger partial charge in [0, 0.05) is 19.2 Å². The number of ether oxygens (including phenoxy) is 1. The highest BCUT2D eigenvalue weighted by atomic mass is 19.1. The number of carbonyl (C=O) groups is 1. The maximum absolute atomic E-state index is 13.0. The number of nitrogens with two attached hydrogens (primary N) is 1. The second-order valence-corrected chi connectivity index (χ2v) is 3.10. The van der Waals surface area contributed by atoms with Crippen LogP contribution in [0.4, 0.5) is 14.5 Å². The number of benzene rings is 1. The van der Waals surface area contributed by atoms with Crippen LogP contribution in [0.15, 0.2) is 12.1 Å². The van der Waals surface area contributed by atoms with Gasteiger partial charge in [-0.15, -0.1) is 0 Å². The van der Waals surface area contributed by atoms with Crippen molar-refractivity contribution in [3.05, 3.63) is 29.3 Å². The van der Waals surface area contributed by atoms with Gasteiger partial charge in [-0.05, 0) is 12.1 Å². The van der Waals surface area contributed by atoms with E-state index in [2.05, 4.69) is 5.32 Å². The average Bonchev–Trinajstić information content (AvgIpc) is 2.25. The molecule has 0 saturated carbocycles. The van der Waals surface area contributed by atoms with Gasteiger partial charge in [0.2, 0.25) is 0 Å². The molecular formula is C10H12F2N2O2. The van der Waals surface area contributed by atoms with E-state index in [0.29, 0.717) is 6.61 Å². The van der Waals surface area contributed by atoms with Crippen molar-refractivity contribution in [2.75, 3.05) is 26.0 Å². The Kier molecular flexibility index (Phi) is 4.19. The van der Waals surface area contributed by atoms with E-state index < -0.39 is 23.2 Å². The van der Waals surface area contributed by atoms with Crippen LogP contribution in [-0.4, -0.2) is 26.2 Å². The minimum absolute atomic E-state index is 0.111. The molecule has 0 aliphatic carbocycles. The molecule has 0 fully saturated rings. The molecular weight excluding hydrogens is 218 g/mol. The molecule has 6 heteroatoms. The molecule has 0 radical (unpaired) electrons. The zero-order chi connectivity index (χ0) is 12.1. The van der Waals surface area contributed by atoms with Crippen molar-refractivity contribution >= 4 is 11.6 Å². The molecule has 0 unspecified atom stereocenters. The van der Waals surface area contributed by atoms with Gasteiger partial charge in [-0.3, -0.25) is 4.79 Å². The third-order valence-corrected chi connectivity index (χ3v) is 1.93. The summed E-state index contributed by atoms with van der Waals surface area (Å²) < 4.78 is 30.7. The van der Waals surface area contributed by atoms with Gasteiger partial charge in [-0.1, -0.05) is 0 Å². The van der Waals surface area contributed by atoms with E-state index in [1.54, 1.807) is 0 Å². The molecule has 0 aliphatic heterocycles. The molecule has 3 N–H and O–H groups in total. The molecule has 0 bridgehead atoms. The first-order chi connectivity index (χ1) is 7.56. The van der Waals surface area contributed by atoms with Crippen LogP contribution in [0.1, 0.15) is 10.4 Å². The third kappa shape index (κ3) is 2.90. The normalized spacial score (nSPS) is 10.2. The Balaban J connectivity index is 2.76. The van der Waals surface area contributed by atoms with Crippen molar-refractivity contribution in [2.24, 2.45) is 0 Å². The fraction of sp³-hybridized carbons (Fsp3) is 0.300. The van der Waals surface area contributed by atoms with Crippen molar-refractivity contribution < 1.29 is 18.3 Å². The van der Waals surface area contributed by atoms with Crippen LogP contribution in [0.5, 0.6) is 0 Å². The highest BCUT2D eigenvalue weighted by molar-refractivity contribution is 5.94. The monoisotopic (exact) mass is 230 g/mol. The summed E-state index contributed by atoms with van der Waals surface area (Å²) in [6.45, 7) is 0.592. The second kappa shape index (κ2) is 5.41. The van der Waals surface area contributed by atoms with Crippen molar-refractivity contribution in [3.63, 3.8) is 0 Å². The molecule has 0 atom stereocenters. The first kappa shape index (κ1) is 12.4. The number of nitrogen functional groups attached to an aromatic ring is 1. The number of carbonyl (C=O) groups excluding carboxylic acids is 1. The second-order valence-electron chi connectivity index (χ2n) is 3.10. The highest BCUT2D eigenvalue weighted by Gasteiger charge is 2.12. The van der Waals surface area contributed by atoms with Gasteiger partial charge in [-0.25, -0.2) is 8.78 Å². The van der Waals surface area contributed by atoms with Gasteiger partial charge in [0.05, 0.1) is 6.61 Å². The molecule has 1 aromatic rings. The SMILES string of the molecule is COCCNC(=O)c1cc(F)c(N)c(F)c1. The molecule has 0 aromatic heterocycles. The van der Waals surface area contributed by atoms with Crippen LogP contribution in [0.2, 0.25) is 0 Å². The molecule has 1 rings (SSSR count). The zero-order valence-corrected chi connectivity index (χ0v) is 8.72. The summed E-state index contributed by atoms with van der Waals surface area (Å²) in [4.78, 5) is 11.4. The van der Waals surface area contributed by atoms with E-state index in [4.69, 9.17) is 10.5 Å². The standard InChI is InChI=1S/C10H12F2N2O2/c1-16-3-2-14-10(15)6-4-7(11)9(13)8(12)5-6/h4-5H,2-3,13H2,1H3,(H,14,15). The van der Waals surface area contributed by atoms with Crippen molar-refractivity contribution in [1.29, 1.82) is 0 Å². The van der Waals surface area contributed by atoms with Crippen LogP contribution in [0.3, 0.4) is 0 Å². The summed E-state index contributed by atoms with van der Waals surface area (Å²) in [6, 6.07) is 1.78. The summed E-state index contributed by atoms with van der Waals surface area (Å²) in [6.07, 6.45) is 0. The summed E-state index contributed by atoms with van der Waals surface area (Å²) in [5.74, 6) is -2.47. The fourth-order valence-electron chi connectivity index (χ4n) is 1.08. The lowest BCUT2D eigenvalue weighted by molar-refractivity contribution is 0.0936. The average molecular weight is 230 g/mol.